The van der Waals surface area contributed by atoms with Crippen molar-refractivity contribution in [2.75, 3.05) is 5.75 Å². The molecule has 0 radical (unpaired) electrons. The van der Waals surface area contributed by atoms with Gasteiger partial charge in [-0.1, -0.05) is 31.2 Å². The predicted octanol–water partition coefficient (Wildman–Crippen LogP) is 5.69. The van der Waals surface area contributed by atoms with Crippen LogP contribution in [-0.2, 0) is 11.6 Å². The zero-order chi connectivity index (χ0) is 23.6. The Hall–Kier alpha value is -3.38. The smallest absolute Gasteiger partial charge is 0.347 e. The van der Waals surface area contributed by atoms with Crippen LogP contribution in [0.2, 0.25) is 0 Å². The van der Waals surface area contributed by atoms with Gasteiger partial charge in [-0.15, -0.1) is 11.8 Å². The molecular formula is C24H20F3N5S. The second-order valence-corrected chi connectivity index (χ2v) is 9.00. The number of thioether (sulfide) groups is 1. The van der Waals surface area contributed by atoms with E-state index in [1.807, 2.05) is 37.3 Å². The highest BCUT2D eigenvalue weighted by molar-refractivity contribution is 7.99. The topological polar surface area (TPSA) is 88.7 Å². The largest absolute Gasteiger partial charge is 0.416 e. The van der Waals surface area contributed by atoms with Crippen molar-refractivity contribution < 1.29 is 13.2 Å². The molecule has 2 aromatic heterocycles. The fourth-order valence-corrected chi connectivity index (χ4v) is 4.29. The fourth-order valence-electron chi connectivity index (χ4n) is 3.49. The predicted molar refractivity (Wildman–Crippen MR) is 121 cm³/mol. The molecule has 0 amide bonds. The number of nitrogens with zero attached hydrogens (tertiary/aromatic N) is 3. The Morgan fingerprint density at radius 3 is 2.55 bits per heavy atom. The molecule has 1 fully saturated rings. The SMILES string of the molecule is CCSc1cc(-c2ccc(C3(C#N)CC3)cc2)cnc1C(=N)/N=c1/cc(C(F)(F)F)cc[nH]1. The van der Waals surface area contributed by atoms with Crippen LogP contribution in [0.15, 0.2) is 64.7 Å². The summed E-state index contributed by atoms with van der Waals surface area (Å²) in [4.78, 5) is 11.8. The van der Waals surface area contributed by atoms with Crippen LogP contribution in [-0.4, -0.2) is 21.6 Å². The minimum absolute atomic E-state index is 0.0739. The Labute approximate surface area is 192 Å². The van der Waals surface area contributed by atoms with E-state index < -0.39 is 11.7 Å². The molecule has 4 rings (SSSR count). The van der Waals surface area contributed by atoms with Gasteiger partial charge >= 0.3 is 6.18 Å². The second kappa shape index (κ2) is 8.87. The average Bonchev–Trinajstić information content (AvgIpc) is 3.60. The van der Waals surface area contributed by atoms with Gasteiger partial charge in [-0.2, -0.15) is 18.4 Å². The lowest BCUT2D eigenvalue weighted by Crippen LogP contribution is -2.16. The number of alkyl halides is 3. The highest BCUT2D eigenvalue weighted by atomic mass is 32.2. The van der Waals surface area contributed by atoms with Crippen LogP contribution in [0.3, 0.4) is 0 Å². The van der Waals surface area contributed by atoms with Gasteiger partial charge < -0.3 is 4.98 Å². The zero-order valence-corrected chi connectivity index (χ0v) is 18.5. The Bertz CT molecular complexity index is 1300. The number of aromatic amines is 1. The Balaban J connectivity index is 1.65. The molecule has 168 valence electrons. The number of nitriles is 1. The molecule has 2 heterocycles. The first-order valence-electron chi connectivity index (χ1n) is 10.3. The summed E-state index contributed by atoms with van der Waals surface area (Å²) >= 11 is 1.48. The van der Waals surface area contributed by atoms with Crippen molar-refractivity contribution in [3.05, 3.63) is 77.2 Å². The van der Waals surface area contributed by atoms with Gasteiger partial charge in [0.2, 0.25) is 0 Å². The summed E-state index contributed by atoms with van der Waals surface area (Å²) in [6.07, 6.45) is 0.0410. The van der Waals surface area contributed by atoms with Crippen LogP contribution in [0, 0.1) is 16.7 Å². The Morgan fingerprint density at radius 2 is 1.94 bits per heavy atom. The van der Waals surface area contributed by atoms with Gasteiger partial charge in [0.05, 0.1) is 17.0 Å². The number of hydrogen-bond acceptors (Lipinski definition) is 4. The quantitative estimate of drug-likeness (QED) is 0.287. The van der Waals surface area contributed by atoms with Crippen molar-refractivity contribution in [3.8, 4) is 17.2 Å². The van der Waals surface area contributed by atoms with E-state index in [2.05, 4.69) is 21.0 Å². The maximum absolute atomic E-state index is 13.0. The number of rotatable bonds is 5. The van der Waals surface area contributed by atoms with Crippen LogP contribution < -0.4 is 5.49 Å². The van der Waals surface area contributed by atoms with Crippen molar-refractivity contribution in [1.82, 2.24) is 9.97 Å². The van der Waals surface area contributed by atoms with E-state index in [1.54, 1.807) is 6.20 Å². The minimum atomic E-state index is -4.49. The highest BCUT2D eigenvalue weighted by Gasteiger charge is 2.44. The number of H-pyrrole nitrogens is 1. The van der Waals surface area contributed by atoms with Crippen LogP contribution in [0.5, 0.6) is 0 Å². The maximum Gasteiger partial charge on any atom is 0.416 e. The summed E-state index contributed by atoms with van der Waals surface area (Å²) in [5.74, 6) is 0.498. The maximum atomic E-state index is 13.0. The third kappa shape index (κ3) is 4.86. The van der Waals surface area contributed by atoms with Crippen molar-refractivity contribution in [2.45, 2.75) is 36.3 Å². The molecule has 0 aliphatic heterocycles. The van der Waals surface area contributed by atoms with Crippen LogP contribution >= 0.6 is 11.8 Å². The van der Waals surface area contributed by atoms with Crippen molar-refractivity contribution in [2.24, 2.45) is 4.99 Å². The lowest BCUT2D eigenvalue weighted by Gasteiger charge is -2.11. The lowest BCUT2D eigenvalue weighted by molar-refractivity contribution is -0.137. The number of halogens is 3. The fraction of sp³-hybridized carbons (Fsp3) is 0.250. The molecule has 1 aliphatic carbocycles. The summed E-state index contributed by atoms with van der Waals surface area (Å²) in [5.41, 5.74) is 1.83. The third-order valence-corrected chi connectivity index (χ3v) is 6.37. The van der Waals surface area contributed by atoms with E-state index >= 15 is 0 Å². The Kier molecular flexibility index (Phi) is 6.13. The van der Waals surface area contributed by atoms with E-state index in [0.29, 0.717) is 5.69 Å². The summed E-state index contributed by atoms with van der Waals surface area (Å²) in [6, 6.07) is 13.9. The Morgan fingerprint density at radius 1 is 1.21 bits per heavy atom. The molecule has 1 aliphatic rings. The average molecular weight is 468 g/mol. The number of pyridine rings is 2. The lowest BCUT2D eigenvalue weighted by atomic mass is 9.95. The van der Waals surface area contributed by atoms with Crippen molar-refractivity contribution >= 4 is 17.6 Å². The van der Waals surface area contributed by atoms with E-state index in [1.165, 1.54) is 11.8 Å². The van der Waals surface area contributed by atoms with Crippen molar-refractivity contribution in [3.63, 3.8) is 0 Å². The molecule has 0 atom stereocenters. The molecule has 0 bridgehead atoms. The molecule has 9 heteroatoms. The minimum Gasteiger partial charge on any atom is -0.347 e. The van der Waals surface area contributed by atoms with Gasteiger partial charge in [0.15, 0.2) is 5.84 Å². The summed E-state index contributed by atoms with van der Waals surface area (Å²) in [6.45, 7) is 1.97. The summed E-state index contributed by atoms with van der Waals surface area (Å²) in [7, 11) is 0. The zero-order valence-electron chi connectivity index (χ0n) is 17.7. The van der Waals surface area contributed by atoms with Gasteiger partial charge in [-0.3, -0.25) is 10.4 Å². The molecule has 0 spiro atoms. The van der Waals surface area contributed by atoms with Crippen LogP contribution in [0.4, 0.5) is 13.2 Å². The van der Waals surface area contributed by atoms with Crippen LogP contribution in [0.1, 0.15) is 36.6 Å². The number of hydrogen-bond donors (Lipinski definition) is 2. The number of amidine groups is 1. The number of aromatic nitrogens is 2. The molecule has 1 saturated carbocycles. The van der Waals surface area contributed by atoms with Crippen molar-refractivity contribution in [1.29, 1.82) is 10.7 Å². The van der Waals surface area contributed by atoms with Gasteiger partial charge in [0.25, 0.3) is 0 Å². The normalized spacial score (nSPS) is 15.2. The second-order valence-electron chi connectivity index (χ2n) is 7.70. The monoisotopic (exact) mass is 467 g/mol. The molecule has 2 N–H and O–H groups in total. The summed E-state index contributed by atoms with van der Waals surface area (Å²) < 4.78 is 38.9. The number of nitrogens with one attached hydrogen (secondary N) is 2. The van der Waals surface area contributed by atoms with Crippen LogP contribution in [0.25, 0.3) is 11.1 Å². The van der Waals surface area contributed by atoms with E-state index in [4.69, 9.17) is 5.41 Å². The first kappa shape index (κ1) is 22.8. The van der Waals surface area contributed by atoms with Gasteiger partial charge in [0, 0.05) is 22.9 Å². The summed E-state index contributed by atoms with van der Waals surface area (Å²) in [5, 5.41) is 17.7. The van der Waals surface area contributed by atoms with E-state index in [0.717, 1.165) is 58.5 Å². The third-order valence-electron chi connectivity index (χ3n) is 5.46. The molecule has 1 aromatic carbocycles. The standard InChI is InChI=1S/C24H20F3N5S/c1-2-33-19-11-16(15-3-5-17(6-4-15)23(14-28)8-9-23)13-31-21(19)22(29)32-20-12-18(7-10-30-20)24(25,26)27/h3-7,10-13H,2,8-9H2,1H3,(H2,29,30,32). The first-order chi connectivity index (χ1) is 15.8. The number of benzene rings is 1. The van der Waals surface area contributed by atoms with Gasteiger partial charge in [-0.05, 0) is 47.9 Å². The molecule has 0 saturated heterocycles. The van der Waals surface area contributed by atoms with Gasteiger partial charge in [0.1, 0.15) is 11.2 Å². The molecule has 33 heavy (non-hydrogen) atoms. The highest BCUT2D eigenvalue weighted by Crippen LogP contribution is 2.47. The first-order valence-corrected chi connectivity index (χ1v) is 11.3. The molecule has 3 aromatic rings. The van der Waals surface area contributed by atoms with E-state index in [9.17, 15) is 18.4 Å². The molecule has 0 unspecified atom stereocenters. The van der Waals surface area contributed by atoms with Gasteiger partial charge in [-0.25, -0.2) is 4.99 Å². The molecule has 5 nitrogen and oxygen atoms in total. The van der Waals surface area contributed by atoms with E-state index in [-0.39, 0.29) is 16.7 Å². The molecular weight excluding hydrogens is 447 g/mol.